The Labute approximate surface area is 163 Å². The van der Waals surface area contributed by atoms with Gasteiger partial charge in [-0.2, -0.15) is 5.10 Å². The number of hydrogen-bond donors (Lipinski definition) is 1. The predicted octanol–water partition coefficient (Wildman–Crippen LogP) is 2.24. The number of rotatable bonds is 4. The van der Waals surface area contributed by atoms with Gasteiger partial charge in [-0.3, -0.25) is 4.79 Å². The standard InChI is InChI=1S/C20H21N7O/c28-20(22-16-6-2-1-3-7-16)17-9-10-19(25-23-17)27-13-5-12-26(14-15-27)18-8-4-11-21-24-18/h1-4,6-11H,5,12-15H2,(H,22,28). The summed E-state index contributed by atoms with van der Waals surface area (Å²) in [5, 5.41) is 19.4. The highest BCUT2D eigenvalue weighted by Crippen LogP contribution is 2.17. The van der Waals surface area contributed by atoms with Crippen LogP contribution in [0, 0.1) is 0 Å². The Kier molecular flexibility index (Phi) is 5.37. The van der Waals surface area contributed by atoms with E-state index in [1.807, 2.05) is 48.5 Å². The van der Waals surface area contributed by atoms with Crippen LogP contribution in [0.2, 0.25) is 0 Å². The first-order valence-corrected chi connectivity index (χ1v) is 9.27. The van der Waals surface area contributed by atoms with Crippen LogP contribution in [0.3, 0.4) is 0 Å². The van der Waals surface area contributed by atoms with Gasteiger partial charge in [-0.1, -0.05) is 18.2 Å². The molecule has 3 heterocycles. The van der Waals surface area contributed by atoms with E-state index in [1.54, 1.807) is 12.3 Å². The van der Waals surface area contributed by atoms with E-state index in [2.05, 4.69) is 35.5 Å². The number of amides is 1. The lowest BCUT2D eigenvalue weighted by molar-refractivity contribution is 0.102. The number of benzene rings is 1. The molecule has 2 aromatic heterocycles. The Balaban J connectivity index is 1.39. The van der Waals surface area contributed by atoms with Gasteiger partial charge in [0.25, 0.3) is 5.91 Å². The van der Waals surface area contributed by atoms with E-state index in [4.69, 9.17) is 0 Å². The minimum atomic E-state index is -0.269. The molecular weight excluding hydrogens is 354 g/mol. The number of para-hydroxylation sites is 1. The molecule has 28 heavy (non-hydrogen) atoms. The average molecular weight is 375 g/mol. The molecule has 0 saturated carbocycles. The molecule has 1 N–H and O–H groups in total. The zero-order valence-corrected chi connectivity index (χ0v) is 15.4. The largest absolute Gasteiger partial charge is 0.353 e. The number of carbonyl (C=O) groups excluding carboxylic acids is 1. The van der Waals surface area contributed by atoms with Crippen LogP contribution in [-0.4, -0.2) is 52.5 Å². The van der Waals surface area contributed by atoms with Crippen LogP contribution in [0.5, 0.6) is 0 Å². The SMILES string of the molecule is O=C(Nc1ccccc1)c1ccc(N2CCCN(c3cccnn3)CC2)nn1. The fourth-order valence-electron chi connectivity index (χ4n) is 3.17. The van der Waals surface area contributed by atoms with E-state index in [0.717, 1.165) is 49.9 Å². The van der Waals surface area contributed by atoms with Crippen molar-refractivity contribution in [1.82, 2.24) is 20.4 Å². The molecule has 0 aliphatic carbocycles. The first-order chi connectivity index (χ1) is 13.8. The minimum absolute atomic E-state index is 0.269. The lowest BCUT2D eigenvalue weighted by Crippen LogP contribution is -2.31. The van der Waals surface area contributed by atoms with Crippen LogP contribution in [0.1, 0.15) is 16.9 Å². The smallest absolute Gasteiger partial charge is 0.276 e. The molecule has 142 valence electrons. The summed E-state index contributed by atoms with van der Waals surface area (Å²) >= 11 is 0. The van der Waals surface area contributed by atoms with Crippen LogP contribution in [0.4, 0.5) is 17.3 Å². The molecule has 0 bridgehead atoms. The van der Waals surface area contributed by atoms with Crippen LogP contribution < -0.4 is 15.1 Å². The quantitative estimate of drug-likeness (QED) is 0.748. The van der Waals surface area contributed by atoms with Crippen molar-refractivity contribution in [2.75, 3.05) is 41.3 Å². The van der Waals surface area contributed by atoms with Crippen molar-refractivity contribution in [2.24, 2.45) is 0 Å². The van der Waals surface area contributed by atoms with E-state index in [1.165, 1.54) is 0 Å². The maximum atomic E-state index is 12.3. The fraction of sp³-hybridized carbons (Fsp3) is 0.250. The van der Waals surface area contributed by atoms with Gasteiger partial charge in [0.15, 0.2) is 17.3 Å². The summed E-state index contributed by atoms with van der Waals surface area (Å²) < 4.78 is 0. The van der Waals surface area contributed by atoms with E-state index in [9.17, 15) is 4.79 Å². The highest BCUT2D eigenvalue weighted by Gasteiger charge is 2.18. The molecule has 1 aliphatic heterocycles. The molecule has 1 amide bonds. The molecule has 4 rings (SSSR count). The van der Waals surface area contributed by atoms with Crippen molar-refractivity contribution < 1.29 is 4.79 Å². The highest BCUT2D eigenvalue weighted by molar-refractivity contribution is 6.02. The van der Waals surface area contributed by atoms with Crippen LogP contribution >= 0.6 is 0 Å². The third-order valence-electron chi connectivity index (χ3n) is 4.62. The molecule has 0 unspecified atom stereocenters. The number of hydrogen-bond acceptors (Lipinski definition) is 7. The fourth-order valence-corrected chi connectivity index (χ4v) is 3.17. The van der Waals surface area contributed by atoms with E-state index in [0.29, 0.717) is 5.69 Å². The van der Waals surface area contributed by atoms with E-state index < -0.39 is 0 Å². The summed E-state index contributed by atoms with van der Waals surface area (Å²) in [7, 11) is 0. The van der Waals surface area contributed by atoms with Gasteiger partial charge in [-0.25, -0.2) is 0 Å². The third kappa shape index (κ3) is 4.22. The van der Waals surface area contributed by atoms with Gasteiger partial charge in [0, 0.05) is 38.1 Å². The normalized spacial score (nSPS) is 14.4. The Morgan fingerprint density at radius 1 is 0.786 bits per heavy atom. The van der Waals surface area contributed by atoms with Crippen molar-refractivity contribution in [3.63, 3.8) is 0 Å². The Morgan fingerprint density at radius 2 is 1.54 bits per heavy atom. The van der Waals surface area contributed by atoms with Crippen LogP contribution in [-0.2, 0) is 0 Å². The van der Waals surface area contributed by atoms with Crippen molar-refractivity contribution in [2.45, 2.75) is 6.42 Å². The molecule has 1 fully saturated rings. The van der Waals surface area contributed by atoms with Gasteiger partial charge in [-0.15, -0.1) is 15.3 Å². The molecule has 0 atom stereocenters. The summed E-state index contributed by atoms with van der Waals surface area (Å²) in [5.41, 5.74) is 1.03. The van der Waals surface area contributed by atoms with Gasteiger partial charge in [0.1, 0.15) is 0 Å². The molecule has 1 saturated heterocycles. The average Bonchev–Trinajstić information content (AvgIpc) is 3.02. The van der Waals surface area contributed by atoms with Gasteiger partial charge in [0.2, 0.25) is 0 Å². The third-order valence-corrected chi connectivity index (χ3v) is 4.62. The van der Waals surface area contributed by atoms with Gasteiger partial charge >= 0.3 is 0 Å². The number of anilines is 3. The summed E-state index contributed by atoms with van der Waals surface area (Å²) in [6.45, 7) is 3.43. The molecule has 8 nitrogen and oxygen atoms in total. The van der Waals surface area contributed by atoms with Crippen molar-refractivity contribution >= 4 is 23.2 Å². The first-order valence-electron chi connectivity index (χ1n) is 9.27. The van der Waals surface area contributed by atoms with E-state index in [-0.39, 0.29) is 5.91 Å². The Hall–Kier alpha value is -3.55. The molecule has 0 radical (unpaired) electrons. The maximum Gasteiger partial charge on any atom is 0.276 e. The summed E-state index contributed by atoms with van der Waals surface area (Å²) in [6.07, 6.45) is 2.66. The molecular formula is C20H21N7O. The maximum absolute atomic E-state index is 12.3. The van der Waals surface area contributed by atoms with E-state index >= 15 is 0 Å². The summed E-state index contributed by atoms with van der Waals surface area (Å²) in [5.74, 6) is 1.40. The highest BCUT2D eigenvalue weighted by atomic mass is 16.1. The minimum Gasteiger partial charge on any atom is -0.353 e. The second kappa shape index (κ2) is 8.43. The number of nitrogens with zero attached hydrogens (tertiary/aromatic N) is 6. The van der Waals surface area contributed by atoms with Crippen molar-refractivity contribution in [3.8, 4) is 0 Å². The second-order valence-corrected chi connectivity index (χ2v) is 6.51. The molecule has 1 aromatic carbocycles. The van der Waals surface area contributed by atoms with Gasteiger partial charge in [0.05, 0.1) is 0 Å². The first kappa shape index (κ1) is 17.8. The molecule has 0 spiro atoms. The van der Waals surface area contributed by atoms with Crippen molar-refractivity contribution in [3.05, 3.63) is 66.5 Å². The molecule has 3 aromatic rings. The molecule has 1 aliphatic rings. The number of aromatic nitrogens is 4. The predicted molar refractivity (Wildman–Crippen MR) is 108 cm³/mol. The second-order valence-electron chi connectivity index (χ2n) is 6.51. The summed E-state index contributed by atoms with van der Waals surface area (Å²) in [4.78, 5) is 16.7. The topological polar surface area (TPSA) is 87.1 Å². The monoisotopic (exact) mass is 375 g/mol. The lowest BCUT2D eigenvalue weighted by atomic mass is 10.3. The zero-order chi connectivity index (χ0) is 19.2. The van der Waals surface area contributed by atoms with Gasteiger partial charge in [-0.05, 0) is 42.8 Å². The molecule has 8 heteroatoms. The zero-order valence-electron chi connectivity index (χ0n) is 15.4. The van der Waals surface area contributed by atoms with Gasteiger partial charge < -0.3 is 15.1 Å². The summed E-state index contributed by atoms with van der Waals surface area (Å²) in [6, 6.07) is 16.7. The number of nitrogens with one attached hydrogen (secondary N) is 1. The Morgan fingerprint density at radius 3 is 2.18 bits per heavy atom. The van der Waals surface area contributed by atoms with Crippen molar-refractivity contribution in [1.29, 1.82) is 0 Å². The lowest BCUT2D eigenvalue weighted by Gasteiger charge is -2.22. The Bertz CT molecular complexity index is 903. The number of carbonyl (C=O) groups is 1. The van der Waals surface area contributed by atoms with Crippen LogP contribution in [0.15, 0.2) is 60.8 Å². The van der Waals surface area contributed by atoms with Crippen LogP contribution in [0.25, 0.3) is 0 Å².